The molecular formula is C42H49O24+. The molecule has 360 valence electrons. The quantitative estimate of drug-likeness (QED) is 0.0382. The third kappa shape index (κ3) is 9.86. The van der Waals surface area contributed by atoms with Gasteiger partial charge in [-0.05, 0) is 42.8 Å². The number of phenols is 6. The molecule has 24 nitrogen and oxygen atoms in total. The number of rotatable bonds is 12. The van der Waals surface area contributed by atoms with Gasteiger partial charge in [0.05, 0.1) is 30.9 Å². The van der Waals surface area contributed by atoms with Crippen LogP contribution in [0.2, 0.25) is 0 Å². The van der Waals surface area contributed by atoms with Crippen LogP contribution in [-0.4, -0.2) is 193 Å². The van der Waals surface area contributed by atoms with Gasteiger partial charge in [0, 0.05) is 18.2 Å². The third-order valence-corrected chi connectivity index (χ3v) is 11.2. The molecule has 0 radical (unpaired) electrons. The monoisotopic (exact) mass is 937 g/mol. The molecule has 3 aromatic rings. The van der Waals surface area contributed by atoms with E-state index in [0.717, 1.165) is 30.3 Å². The Balaban J connectivity index is 1.09. The molecule has 3 aromatic carbocycles. The molecule has 0 saturated carbocycles. The molecule has 24 heteroatoms. The van der Waals surface area contributed by atoms with E-state index in [1.165, 1.54) is 37.3 Å². The summed E-state index contributed by atoms with van der Waals surface area (Å²) < 4.78 is 44.4. The molecular weight excluding hydrogens is 888 g/mol. The van der Waals surface area contributed by atoms with E-state index in [-0.39, 0.29) is 34.1 Å². The summed E-state index contributed by atoms with van der Waals surface area (Å²) in [5.74, 6) is -5.35. The maximum atomic E-state index is 12.6. The maximum Gasteiger partial charge on any atom is 0.331 e. The second-order valence-electron chi connectivity index (χ2n) is 15.8. The van der Waals surface area contributed by atoms with Gasteiger partial charge < -0.3 is 114 Å². The van der Waals surface area contributed by atoms with Crippen LogP contribution in [0.4, 0.5) is 0 Å². The Morgan fingerprint density at radius 2 is 1.30 bits per heavy atom. The van der Waals surface area contributed by atoms with E-state index < -0.39 is 146 Å². The fourth-order valence-electron chi connectivity index (χ4n) is 7.54. The van der Waals surface area contributed by atoms with Crippen LogP contribution in [0.15, 0.2) is 54.3 Å². The average Bonchev–Trinajstić information content (AvgIpc) is 3.28. The van der Waals surface area contributed by atoms with Crippen LogP contribution in [0.5, 0.6) is 46.0 Å². The van der Waals surface area contributed by atoms with Crippen LogP contribution in [0.1, 0.15) is 29.7 Å². The Labute approximate surface area is 372 Å². The Kier molecular flexibility index (Phi) is 14.3. The Morgan fingerprint density at radius 3 is 1.95 bits per heavy atom. The number of carbonyl (C=O) groups excluding carboxylic acids is 1. The van der Waals surface area contributed by atoms with Gasteiger partial charge in [0.1, 0.15) is 78.1 Å². The molecule has 4 heterocycles. The van der Waals surface area contributed by atoms with Crippen molar-refractivity contribution in [1.82, 2.24) is 0 Å². The molecule has 3 saturated heterocycles. The van der Waals surface area contributed by atoms with E-state index in [1.54, 1.807) is 0 Å². The van der Waals surface area contributed by atoms with E-state index in [0.29, 0.717) is 5.56 Å². The molecule has 16 unspecified atom stereocenters. The van der Waals surface area contributed by atoms with Crippen molar-refractivity contribution in [3.63, 3.8) is 0 Å². The number of aromatic hydroxyl groups is 7. The van der Waals surface area contributed by atoms with Crippen molar-refractivity contribution in [3.05, 3.63) is 71.0 Å². The Bertz CT molecular complexity index is 2260. The molecule has 0 aromatic heterocycles. The first-order valence-electron chi connectivity index (χ1n) is 20.2. The summed E-state index contributed by atoms with van der Waals surface area (Å²) in [6.45, 7) is -0.0947. The molecule has 0 aliphatic carbocycles. The molecule has 16 atom stereocenters. The van der Waals surface area contributed by atoms with Gasteiger partial charge in [-0.15, -0.1) is 0 Å². The van der Waals surface area contributed by atoms with Gasteiger partial charge in [0.2, 0.25) is 12.6 Å². The number of esters is 1. The lowest BCUT2D eigenvalue weighted by molar-refractivity contribution is -0.325. The second-order valence-corrected chi connectivity index (χ2v) is 15.8. The van der Waals surface area contributed by atoms with Gasteiger partial charge in [-0.2, -0.15) is 0 Å². The summed E-state index contributed by atoms with van der Waals surface area (Å²) in [6.07, 6.45) is -23.8. The van der Waals surface area contributed by atoms with E-state index in [1.807, 2.05) is 0 Å². The summed E-state index contributed by atoms with van der Waals surface area (Å²) in [5.41, 5.74) is 0.242. The van der Waals surface area contributed by atoms with Crippen molar-refractivity contribution in [2.24, 2.45) is 0 Å². The summed E-state index contributed by atoms with van der Waals surface area (Å²) >= 11 is 0. The molecule has 0 spiro atoms. The lowest BCUT2D eigenvalue weighted by atomic mass is 9.98. The standard InChI is InChI=1S/C42H48O24/c1-14-38(66-28(49)5-3-15-2-4-19(45)20(46)6-15)34(55)37(58)40(60-14)59-13-27-31(52)33(54)36(57)42(65-27)63-25-11-18-23(61-39(25)16-7-21(47)29(50)22(48)8-16)9-17(44)10-24(18)62-41-35(56)32(53)30(51)26(12-43)64-41/h2-11,14,26-27,30-48,50-58H,12-13H2,1H3/p+1. The summed E-state index contributed by atoms with van der Waals surface area (Å²) in [5, 5.41) is 156. The molecule has 4 aliphatic heterocycles. The predicted octanol–water partition coefficient (Wildman–Crippen LogP) is -2.63. The minimum atomic E-state index is -2.02. The van der Waals surface area contributed by atoms with Crippen molar-refractivity contribution < 1.29 is 119 Å². The number of hydrogen-bond acceptors (Lipinski definition) is 23. The van der Waals surface area contributed by atoms with Crippen LogP contribution in [0.25, 0.3) is 12.2 Å². The summed E-state index contributed by atoms with van der Waals surface area (Å²) in [6, 6.07) is 8.00. The fraction of sp³-hybridized carbons (Fsp3) is 0.452. The van der Waals surface area contributed by atoms with Crippen LogP contribution in [0, 0.1) is 0 Å². The summed E-state index contributed by atoms with van der Waals surface area (Å²) in [4.78, 5) is 12.6. The van der Waals surface area contributed by atoms with Gasteiger partial charge in [-0.3, -0.25) is 0 Å². The van der Waals surface area contributed by atoms with Crippen molar-refractivity contribution in [2.45, 2.75) is 105 Å². The molecule has 0 amide bonds. The molecule has 16 N–H and O–H groups in total. The van der Waals surface area contributed by atoms with Gasteiger partial charge in [0.25, 0.3) is 11.9 Å². The number of aliphatic hydroxyl groups excluding tert-OH is 9. The molecule has 4 aliphatic rings. The SMILES string of the molecule is CC1OC(OCC2OC(OC3=Cc4c(OC5OC(CO)C(O)C(O)C5O)cc(O)cc4[OH+]C3c3cc(O)c(O)c(O)c3)C(O)C(O)C2O)C(O)C(O)C1OC(=O)C=Cc1ccc(O)c(O)c1. The topological polar surface area (TPSA) is 398 Å². The molecule has 0 bridgehead atoms. The van der Waals surface area contributed by atoms with Gasteiger partial charge in [0.15, 0.2) is 46.9 Å². The van der Waals surface area contributed by atoms with Crippen molar-refractivity contribution in [1.29, 1.82) is 0 Å². The first kappa shape index (κ1) is 48.2. The highest BCUT2D eigenvalue weighted by Gasteiger charge is 2.50. The number of benzene rings is 3. The first-order valence-corrected chi connectivity index (χ1v) is 20.2. The second kappa shape index (κ2) is 19.6. The van der Waals surface area contributed by atoms with E-state index >= 15 is 0 Å². The summed E-state index contributed by atoms with van der Waals surface area (Å²) in [7, 11) is 0. The first-order chi connectivity index (χ1) is 31.3. The highest BCUT2D eigenvalue weighted by molar-refractivity contribution is 5.87. The van der Waals surface area contributed by atoms with Crippen LogP contribution in [-0.2, 0) is 33.2 Å². The largest absolute Gasteiger partial charge is 0.571 e. The van der Waals surface area contributed by atoms with E-state index in [4.69, 9.17) is 33.2 Å². The minimum absolute atomic E-state index is 0.0252. The number of ether oxygens (including phenoxy) is 8. The Hall–Kier alpha value is -5.71. The van der Waals surface area contributed by atoms with Gasteiger partial charge >= 0.3 is 5.97 Å². The number of aliphatic hydroxyl groups is 10. The highest BCUT2D eigenvalue weighted by Crippen LogP contribution is 2.48. The average molecular weight is 938 g/mol. The smallest absolute Gasteiger partial charge is 0.331 e. The highest BCUT2D eigenvalue weighted by atomic mass is 16.7. The van der Waals surface area contributed by atoms with E-state index in [2.05, 4.69) is 4.74 Å². The van der Waals surface area contributed by atoms with E-state index in [9.17, 15) is 81.4 Å². The van der Waals surface area contributed by atoms with Crippen molar-refractivity contribution in [2.75, 3.05) is 13.2 Å². The number of carbonyl (C=O) groups is 1. The maximum absolute atomic E-state index is 12.6. The van der Waals surface area contributed by atoms with Crippen LogP contribution in [0.3, 0.4) is 0 Å². The third-order valence-electron chi connectivity index (χ3n) is 11.2. The lowest BCUT2D eigenvalue weighted by Crippen LogP contribution is -2.61. The van der Waals surface area contributed by atoms with Gasteiger partial charge in [-0.25, -0.2) is 4.79 Å². The zero-order valence-electron chi connectivity index (χ0n) is 34.3. The van der Waals surface area contributed by atoms with Crippen molar-refractivity contribution >= 4 is 18.1 Å². The Morgan fingerprint density at radius 1 is 0.682 bits per heavy atom. The normalized spacial score (nSPS) is 34.5. The minimum Gasteiger partial charge on any atom is -0.571 e. The lowest BCUT2D eigenvalue weighted by Gasteiger charge is -2.43. The molecule has 66 heavy (non-hydrogen) atoms. The molecule has 3 fully saturated rings. The predicted molar refractivity (Wildman–Crippen MR) is 215 cm³/mol. The fourth-order valence-corrected chi connectivity index (χ4v) is 7.54. The zero-order valence-corrected chi connectivity index (χ0v) is 34.3. The zero-order chi connectivity index (χ0) is 47.9. The molecule has 7 rings (SSSR count). The number of hydrogen-bond donors (Lipinski definition) is 15. The van der Waals surface area contributed by atoms with Crippen LogP contribution >= 0.6 is 0 Å². The van der Waals surface area contributed by atoms with Crippen molar-refractivity contribution in [3.8, 4) is 46.0 Å². The number of fused-ring (bicyclic) bond motifs is 1. The van der Waals surface area contributed by atoms with Crippen LogP contribution < -0.4 is 4.74 Å². The van der Waals surface area contributed by atoms with Gasteiger partial charge in [-0.1, -0.05) is 6.07 Å². The number of phenolic OH excluding ortho intramolecular Hbond substituents is 6.